The van der Waals surface area contributed by atoms with E-state index in [1.807, 2.05) is 34.7 Å². The fourth-order valence-electron chi connectivity index (χ4n) is 5.61. The van der Waals surface area contributed by atoms with Gasteiger partial charge in [-0.1, -0.05) is 28.9 Å². The third kappa shape index (κ3) is 7.56. The molecule has 11 nitrogen and oxygen atoms in total. The van der Waals surface area contributed by atoms with Gasteiger partial charge in [-0.05, 0) is 60.2 Å². The normalized spacial score (nSPS) is 13.9. The molecule has 0 N–H and O–H groups in total. The number of halogens is 4. The molecule has 50 heavy (non-hydrogen) atoms. The Kier molecular flexibility index (Phi) is 9.12. The molecule has 7 rings (SSSR count). The molecular formula is C35H29ClF3N7O4. The lowest BCUT2D eigenvalue weighted by molar-refractivity contribution is -0.153. The van der Waals surface area contributed by atoms with Crippen molar-refractivity contribution < 1.29 is 32.0 Å². The number of carbonyl (C=O) groups excluding carboxylic acids is 1. The number of carbonyl (C=O) groups is 1. The molecule has 0 bridgehead atoms. The predicted octanol–water partition coefficient (Wildman–Crippen LogP) is 7.03. The van der Waals surface area contributed by atoms with Crippen molar-refractivity contribution >= 4 is 28.4 Å². The molecule has 6 aromatic rings. The number of rotatable bonds is 9. The average molecular weight is 704 g/mol. The molecule has 1 fully saturated rings. The van der Waals surface area contributed by atoms with Crippen molar-refractivity contribution in [1.29, 1.82) is 0 Å². The maximum absolute atomic E-state index is 13.6. The number of aromatic nitrogens is 5. The number of nitrogens with zero attached hydrogens (tertiary/aromatic N) is 7. The zero-order chi connectivity index (χ0) is 34.8. The number of ether oxygens (including phenoxy) is 2. The molecule has 0 spiro atoms. The molecule has 1 amide bonds. The van der Waals surface area contributed by atoms with Crippen LogP contribution in [0.1, 0.15) is 16.1 Å². The van der Waals surface area contributed by atoms with Crippen molar-refractivity contribution in [2.45, 2.75) is 12.7 Å². The van der Waals surface area contributed by atoms with Crippen molar-refractivity contribution in [1.82, 2.24) is 34.5 Å². The van der Waals surface area contributed by atoms with Gasteiger partial charge in [0.2, 0.25) is 11.7 Å². The summed E-state index contributed by atoms with van der Waals surface area (Å²) >= 11 is 5.96. The maximum Gasteiger partial charge on any atom is 0.422 e. The second kappa shape index (κ2) is 13.8. The van der Waals surface area contributed by atoms with Gasteiger partial charge in [-0.2, -0.15) is 18.2 Å². The molecule has 0 saturated carbocycles. The lowest BCUT2D eigenvalue weighted by atomic mass is 10.2. The zero-order valence-electron chi connectivity index (χ0n) is 26.6. The van der Waals surface area contributed by atoms with Crippen LogP contribution in [-0.2, 0) is 13.6 Å². The summed E-state index contributed by atoms with van der Waals surface area (Å²) in [5.41, 5.74) is 3.47. The van der Waals surface area contributed by atoms with E-state index in [-0.39, 0.29) is 23.4 Å². The predicted molar refractivity (Wildman–Crippen MR) is 178 cm³/mol. The van der Waals surface area contributed by atoms with Crippen LogP contribution in [0.25, 0.3) is 33.9 Å². The highest BCUT2D eigenvalue weighted by molar-refractivity contribution is 6.30. The van der Waals surface area contributed by atoms with Crippen LogP contribution >= 0.6 is 11.6 Å². The summed E-state index contributed by atoms with van der Waals surface area (Å²) in [6.45, 7) is 1.71. The maximum atomic E-state index is 13.6. The molecule has 3 aromatic carbocycles. The number of alkyl halides is 3. The molecule has 15 heteroatoms. The Hall–Kier alpha value is -5.47. The molecule has 0 aliphatic carbocycles. The van der Waals surface area contributed by atoms with Crippen LogP contribution in [0.4, 0.5) is 13.2 Å². The molecule has 1 aliphatic heterocycles. The second-order valence-corrected chi connectivity index (χ2v) is 12.1. The first kappa shape index (κ1) is 33.0. The molecule has 1 aliphatic rings. The SMILES string of the molecule is Cn1c(C(=O)N2CCN(Cc3ccc(OCC(F)(F)F)cc3)CC2)cc2ccc(Oc3cnc(-c4nc(-c5ccc(Cl)cc5)no4)cn3)cc21. The second-order valence-electron chi connectivity index (χ2n) is 11.7. The Balaban J connectivity index is 0.950. The summed E-state index contributed by atoms with van der Waals surface area (Å²) in [6, 6.07) is 21.1. The Bertz CT molecular complexity index is 2110. The van der Waals surface area contributed by atoms with Crippen molar-refractivity contribution in [2.75, 3.05) is 32.8 Å². The van der Waals surface area contributed by atoms with Crippen molar-refractivity contribution in [3.05, 3.63) is 101 Å². The summed E-state index contributed by atoms with van der Waals surface area (Å²) in [7, 11) is 1.84. The summed E-state index contributed by atoms with van der Waals surface area (Å²) in [6.07, 6.45) is -1.43. The monoisotopic (exact) mass is 703 g/mol. The smallest absolute Gasteiger partial charge is 0.422 e. The van der Waals surface area contributed by atoms with E-state index in [1.54, 1.807) is 42.5 Å². The van der Waals surface area contributed by atoms with Crippen LogP contribution < -0.4 is 9.47 Å². The Morgan fingerprint density at radius 3 is 2.36 bits per heavy atom. The highest BCUT2D eigenvalue weighted by Gasteiger charge is 2.28. The van der Waals surface area contributed by atoms with Gasteiger partial charge in [-0.3, -0.25) is 9.69 Å². The fraction of sp³-hybridized carbons (Fsp3) is 0.229. The minimum atomic E-state index is -4.38. The highest BCUT2D eigenvalue weighted by atomic mass is 35.5. The molecular weight excluding hydrogens is 675 g/mol. The van der Waals surface area contributed by atoms with Crippen LogP contribution in [0.3, 0.4) is 0 Å². The first-order valence-corrected chi connectivity index (χ1v) is 16.0. The first-order valence-electron chi connectivity index (χ1n) is 15.6. The van der Waals surface area contributed by atoms with Gasteiger partial charge < -0.3 is 23.5 Å². The van der Waals surface area contributed by atoms with Gasteiger partial charge >= 0.3 is 6.18 Å². The number of amides is 1. The molecule has 0 unspecified atom stereocenters. The van der Waals surface area contributed by atoms with E-state index in [0.717, 1.165) is 22.0 Å². The van der Waals surface area contributed by atoms with Crippen LogP contribution in [-0.4, -0.2) is 79.3 Å². The summed E-state index contributed by atoms with van der Waals surface area (Å²) in [4.78, 5) is 30.7. The Labute approximate surface area is 288 Å². The van der Waals surface area contributed by atoms with Crippen LogP contribution in [0.15, 0.2) is 89.7 Å². The van der Waals surface area contributed by atoms with Gasteiger partial charge in [0.25, 0.3) is 11.8 Å². The summed E-state index contributed by atoms with van der Waals surface area (Å²) in [5, 5.41) is 5.50. The minimum absolute atomic E-state index is 0.0707. The summed E-state index contributed by atoms with van der Waals surface area (Å²) in [5.74, 6) is 1.50. The van der Waals surface area contributed by atoms with Crippen molar-refractivity contribution in [3.63, 3.8) is 0 Å². The number of hydrogen-bond donors (Lipinski definition) is 0. The van der Waals surface area contributed by atoms with E-state index in [2.05, 4.69) is 25.0 Å². The van der Waals surface area contributed by atoms with Crippen LogP contribution in [0, 0.1) is 0 Å². The van der Waals surface area contributed by atoms with Gasteiger partial charge in [0.15, 0.2) is 6.61 Å². The largest absolute Gasteiger partial charge is 0.484 e. The van der Waals surface area contributed by atoms with E-state index < -0.39 is 12.8 Å². The number of aryl methyl sites for hydroxylation is 1. The lowest BCUT2D eigenvalue weighted by Crippen LogP contribution is -2.48. The average Bonchev–Trinajstić information content (AvgIpc) is 3.73. The van der Waals surface area contributed by atoms with Crippen molar-refractivity contribution in [3.8, 4) is 40.4 Å². The van der Waals surface area contributed by atoms with E-state index in [0.29, 0.717) is 60.7 Å². The van der Waals surface area contributed by atoms with Gasteiger partial charge in [-0.15, -0.1) is 0 Å². The zero-order valence-corrected chi connectivity index (χ0v) is 27.4. The molecule has 4 heterocycles. The van der Waals surface area contributed by atoms with E-state index in [4.69, 9.17) is 25.6 Å². The molecule has 0 atom stereocenters. The number of piperazine rings is 1. The van der Waals surface area contributed by atoms with Crippen LogP contribution in [0.2, 0.25) is 5.02 Å². The topological polar surface area (TPSA) is 112 Å². The third-order valence-electron chi connectivity index (χ3n) is 8.23. The van der Waals surface area contributed by atoms with Gasteiger partial charge in [0, 0.05) is 61.8 Å². The van der Waals surface area contributed by atoms with Gasteiger partial charge in [0.05, 0.1) is 17.9 Å². The standard InChI is InChI=1S/C35H29ClF3N7O4/c1-44-29-17-27(49-31-19-40-28(18-41-31)33-42-32(43-50-33)23-4-7-25(36)8-5-23)11-6-24(29)16-30(44)34(47)46-14-12-45(13-15-46)20-22-2-9-26(10-3-22)48-21-35(37,38)39/h2-11,16-19H,12-15,20-21H2,1H3. The molecule has 256 valence electrons. The van der Waals surface area contributed by atoms with Crippen molar-refractivity contribution in [2.24, 2.45) is 7.05 Å². The quantitative estimate of drug-likeness (QED) is 0.157. The Morgan fingerprint density at radius 1 is 0.920 bits per heavy atom. The number of fused-ring (bicyclic) bond motifs is 1. The molecule has 0 radical (unpaired) electrons. The van der Waals surface area contributed by atoms with E-state index in [1.165, 1.54) is 24.5 Å². The third-order valence-corrected chi connectivity index (χ3v) is 8.48. The fourth-order valence-corrected chi connectivity index (χ4v) is 5.73. The van der Waals surface area contributed by atoms with Gasteiger partial charge in [-0.25, -0.2) is 9.97 Å². The number of hydrogen-bond acceptors (Lipinski definition) is 9. The lowest BCUT2D eigenvalue weighted by Gasteiger charge is -2.34. The highest BCUT2D eigenvalue weighted by Crippen LogP contribution is 2.29. The van der Waals surface area contributed by atoms with E-state index in [9.17, 15) is 18.0 Å². The minimum Gasteiger partial charge on any atom is -0.484 e. The number of benzene rings is 3. The van der Waals surface area contributed by atoms with Gasteiger partial charge in [0.1, 0.15) is 22.9 Å². The summed E-state index contributed by atoms with van der Waals surface area (Å²) < 4.78 is 55.2. The Morgan fingerprint density at radius 2 is 1.66 bits per heavy atom. The molecule has 3 aromatic heterocycles. The molecule has 1 saturated heterocycles. The first-order chi connectivity index (χ1) is 24.1. The van der Waals surface area contributed by atoms with Crippen LogP contribution in [0.5, 0.6) is 17.4 Å². The van der Waals surface area contributed by atoms with E-state index >= 15 is 0 Å².